The van der Waals surface area contributed by atoms with Crippen molar-refractivity contribution in [3.05, 3.63) is 59.2 Å². The lowest BCUT2D eigenvalue weighted by Crippen LogP contribution is -2.30. The maximum Gasteiger partial charge on any atom is 0.261 e. The first-order valence-electron chi connectivity index (χ1n) is 7.96. The number of carbonyl (C=O) groups is 1. The molecule has 0 bridgehead atoms. The van der Waals surface area contributed by atoms with E-state index >= 15 is 0 Å². The van der Waals surface area contributed by atoms with Crippen LogP contribution in [0.2, 0.25) is 0 Å². The first-order valence-corrected chi connectivity index (χ1v) is 9.45. The van der Waals surface area contributed by atoms with E-state index in [4.69, 9.17) is 0 Å². The number of rotatable bonds is 7. The first-order chi connectivity index (χ1) is 11.8. The fraction of sp³-hybridized carbons (Fsp3) is 0.278. The third-order valence-corrected chi connectivity index (χ3v) is 5.23. The SMILES string of the molecule is CNCCNC(=O)c1ccc(NS(=O)(=O)c2ccc(C)c(C)c2)cc1.Cl. The highest BCUT2D eigenvalue weighted by atomic mass is 35.5. The molecule has 0 aliphatic carbocycles. The lowest BCUT2D eigenvalue weighted by molar-refractivity contribution is 0.0954. The number of amides is 1. The van der Waals surface area contributed by atoms with Crippen LogP contribution in [-0.4, -0.2) is 34.5 Å². The Morgan fingerprint density at radius 2 is 1.62 bits per heavy atom. The van der Waals surface area contributed by atoms with Gasteiger partial charge in [-0.2, -0.15) is 0 Å². The molecule has 26 heavy (non-hydrogen) atoms. The number of benzene rings is 2. The number of likely N-dealkylation sites (N-methyl/N-ethyl adjacent to an activating group) is 1. The lowest BCUT2D eigenvalue weighted by atomic mass is 10.1. The van der Waals surface area contributed by atoms with Crippen molar-refractivity contribution in [3.63, 3.8) is 0 Å². The summed E-state index contributed by atoms with van der Waals surface area (Å²) in [4.78, 5) is 12.1. The highest BCUT2D eigenvalue weighted by molar-refractivity contribution is 7.92. The monoisotopic (exact) mass is 397 g/mol. The largest absolute Gasteiger partial charge is 0.351 e. The van der Waals surface area contributed by atoms with Gasteiger partial charge in [0.2, 0.25) is 0 Å². The van der Waals surface area contributed by atoms with Crippen LogP contribution in [0.15, 0.2) is 47.4 Å². The predicted octanol–water partition coefficient (Wildman–Crippen LogP) is 2.48. The Hall–Kier alpha value is -2.09. The highest BCUT2D eigenvalue weighted by Gasteiger charge is 2.15. The van der Waals surface area contributed by atoms with E-state index in [1.807, 2.05) is 20.9 Å². The molecule has 0 aliphatic heterocycles. The Morgan fingerprint density at radius 3 is 2.19 bits per heavy atom. The summed E-state index contributed by atoms with van der Waals surface area (Å²) in [6, 6.07) is 11.3. The first kappa shape index (κ1) is 22.0. The molecule has 0 unspecified atom stereocenters. The van der Waals surface area contributed by atoms with Crippen LogP contribution < -0.4 is 15.4 Å². The van der Waals surface area contributed by atoms with Crippen molar-refractivity contribution in [1.29, 1.82) is 0 Å². The van der Waals surface area contributed by atoms with Gasteiger partial charge in [-0.15, -0.1) is 12.4 Å². The Morgan fingerprint density at radius 1 is 0.962 bits per heavy atom. The zero-order valence-corrected chi connectivity index (χ0v) is 16.6. The summed E-state index contributed by atoms with van der Waals surface area (Å²) >= 11 is 0. The van der Waals surface area contributed by atoms with E-state index in [9.17, 15) is 13.2 Å². The molecule has 0 fully saturated rings. The van der Waals surface area contributed by atoms with E-state index in [0.29, 0.717) is 24.3 Å². The number of nitrogens with one attached hydrogen (secondary N) is 3. The quantitative estimate of drug-likeness (QED) is 0.626. The molecule has 0 saturated carbocycles. The Balaban J connectivity index is 0.00000338. The summed E-state index contributed by atoms with van der Waals surface area (Å²) in [6.45, 7) is 5.01. The van der Waals surface area contributed by atoms with Crippen molar-refractivity contribution in [3.8, 4) is 0 Å². The fourth-order valence-electron chi connectivity index (χ4n) is 2.19. The van der Waals surface area contributed by atoms with Crippen molar-refractivity contribution in [2.24, 2.45) is 0 Å². The summed E-state index contributed by atoms with van der Waals surface area (Å²) < 4.78 is 27.5. The molecular weight excluding hydrogens is 374 g/mol. The molecule has 2 aromatic carbocycles. The molecule has 8 heteroatoms. The lowest BCUT2D eigenvalue weighted by Gasteiger charge is -2.10. The molecule has 3 N–H and O–H groups in total. The fourth-order valence-corrected chi connectivity index (χ4v) is 3.33. The van der Waals surface area contributed by atoms with Crippen molar-refractivity contribution < 1.29 is 13.2 Å². The van der Waals surface area contributed by atoms with Crippen molar-refractivity contribution >= 4 is 34.0 Å². The van der Waals surface area contributed by atoms with Crippen LogP contribution in [0.5, 0.6) is 0 Å². The number of carbonyl (C=O) groups excluding carboxylic acids is 1. The molecule has 0 spiro atoms. The second-order valence-corrected chi connectivity index (χ2v) is 7.47. The summed E-state index contributed by atoms with van der Waals surface area (Å²) in [5, 5.41) is 5.71. The molecule has 2 rings (SSSR count). The van der Waals surface area contributed by atoms with Gasteiger partial charge in [-0.3, -0.25) is 9.52 Å². The summed E-state index contributed by atoms with van der Waals surface area (Å²) in [5.41, 5.74) is 2.83. The molecule has 0 atom stereocenters. The Kier molecular flexibility index (Phi) is 8.08. The van der Waals surface area contributed by atoms with Gasteiger partial charge in [0, 0.05) is 24.3 Å². The second-order valence-electron chi connectivity index (χ2n) is 5.79. The molecule has 2 aromatic rings. The number of aryl methyl sites for hydroxylation is 2. The smallest absolute Gasteiger partial charge is 0.261 e. The maximum atomic E-state index is 12.5. The van der Waals surface area contributed by atoms with Crippen LogP contribution in [0.1, 0.15) is 21.5 Å². The number of halogens is 1. The van der Waals surface area contributed by atoms with Gasteiger partial charge in [0.15, 0.2) is 0 Å². The zero-order chi connectivity index (χ0) is 18.4. The van der Waals surface area contributed by atoms with Gasteiger partial charge in [-0.05, 0) is 68.4 Å². The van der Waals surface area contributed by atoms with E-state index in [2.05, 4.69) is 15.4 Å². The third-order valence-electron chi connectivity index (χ3n) is 3.85. The van der Waals surface area contributed by atoms with E-state index < -0.39 is 10.0 Å². The van der Waals surface area contributed by atoms with Crippen LogP contribution in [-0.2, 0) is 10.0 Å². The number of hydrogen-bond donors (Lipinski definition) is 3. The molecule has 142 valence electrons. The standard InChI is InChI=1S/C18H23N3O3S.ClH/c1-13-4-9-17(12-14(13)2)25(23,24)21-16-7-5-15(6-8-16)18(22)20-11-10-19-3;/h4-9,12,19,21H,10-11H2,1-3H3,(H,20,22);1H. The van der Waals surface area contributed by atoms with Gasteiger partial charge in [0.05, 0.1) is 4.90 Å². The van der Waals surface area contributed by atoms with Crippen LogP contribution in [0.4, 0.5) is 5.69 Å². The molecule has 0 radical (unpaired) electrons. The molecular formula is C18H24ClN3O3S. The molecule has 1 amide bonds. The van der Waals surface area contributed by atoms with Crippen molar-refractivity contribution in [1.82, 2.24) is 10.6 Å². The minimum Gasteiger partial charge on any atom is -0.351 e. The highest BCUT2D eigenvalue weighted by Crippen LogP contribution is 2.19. The predicted molar refractivity (Wildman–Crippen MR) is 107 cm³/mol. The number of hydrogen-bond acceptors (Lipinski definition) is 4. The van der Waals surface area contributed by atoms with Gasteiger partial charge in [-0.25, -0.2) is 8.42 Å². The van der Waals surface area contributed by atoms with Crippen LogP contribution >= 0.6 is 12.4 Å². The Labute approximate surface area is 160 Å². The van der Waals surface area contributed by atoms with E-state index in [1.165, 1.54) is 0 Å². The van der Waals surface area contributed by atoms with Gasteiger partial charge in [0.1, 0.15) is 0 Å². The van der Waals surface area contributed by atoms with Gasteiger partial charge < -0.3 is 10.6 Å². The topological polar surface area (TPSA) is 87.3 Å². The van der Waals surface area contributed by atoms with Gasteiger partial charge in [0.25, 0.3) is 15.9 Å². The minimum absolute atomic E-state index is 0. The van der Waals surface area contributed by atoms with Gasteiger partial charge in [-0.1, -0.05) is 6.07 Å². The summed E-state index contributed by atoms with van der Waals surface area (Å²) in [5.74, 6) is -0.196. The van der Waals surface area contributed by atoms with Crippen LogP contribution in [0.25, 0.3) is 0 Å². The Bertz CT molecular complexity index is 852. The maximum absolute atomic E-state index is 12.5. The molecule has 0 saturated heterocycles. The van der Waals surface area contributed by atoms with Crippen LogP contribution in [0.3, 0.4) is 0 Å². The molecule has 6 nitrogen and oxygen atoms in total. The zero-order valence-electron chi connectivity index (χ0n) is 15.0. The normalized spacial score (nSPS) is 10.7. The molecule has 0 aromatic heterocycles. The average molecular weight is 398 g/mol. The molecule has 0 heterocycles. The van der Waals surface area contributed by atoms with Crippen LogP contribution in [0, 0.1) is 13.8 Å². The van der Waals surface area contributed by atoms with Gasteiger partial charge >= 0.3 is 0 Å². The van der Waals surface area contributed by atoms with E-state index in [1.54, 1.807) is 42.5 Å². The van der Waals surface area contributed by atoms with E-state index in [0.717, 1.165) is 11.1 Å². The van der Waals surface area contributed by atoms with E-state index in [-0.39, 0.29) is 23.2 Å². The second kappa shape index (κ2) is 9.56. The number of sulfonamides is 1. The molecule has 0 aliphatic rings. The average Bonchev–Trinajstić information content (AvgIpc) is 2.57. The van der Waals surface area contributed by atoms with Crippen molar-refractivity contribution in [2.75, 3.05) is 24.9 Å². The summed E-state index contributed by atoms with van der Waals surface area (Å²) in [6.07, 6.45) is 0. The minimum atomic E-state index is -3.66. The third kappa shape index (κ3) is 5.72. The van der Waals surface area contributed by atoms with Crippen molar-refractivity contribution in [2.45, 2.75) is 18.7 Å². The summed E-state index contributed by atoms with van der Waals surface area (Å²) in [7, 11) is -1.85. The number of anilines is 1.